The number of hydrogen-bond donors (Lipinski definition) is 0. The number of benzene rings is 2. The van der Waals surface area contributed by atoms with Gasteiger partial charge in [0.05, 0.1) is 25.4 Å². The Morgan fingerprint density at radius 2 is 1.82 bits per heavy atom. The molecule has 0 bridgehead atoms. The molecule has 5 nitrogen and oxygen atoms in total. The highest BCUT2D eigenvalue weighted by molar-refractivity contribution is 7.17. The van der Waals surface area contributed by atoms with Gasteiger partial charge in [-0.2, -0.15) is 0 Å². The average molecular weight is 390 g/mol. The zero-order valence-electron chi connectivity index (χ0n) is 15.5. The molecule has 0 saturated heterocycles. The number of rotatable bonds is 5. The van der Waals surface area contributed by atoms with Crippen molar-refractivity contribution in [2.45, 2.75) is 13.5 Å². The van der Waals surface area contributed by atoms with Gasteiger partial charge in [0.1, 0.15) is 10.6 Å². The van der Waals surface area contributed by atoms with Gasteiger partial charge in [-0.1, -0.05) is 42.0 Å². The van der Waals surface area contributed by atoms with Crippen LogP contribution in [0, 0.1) is 6.92 Å². The Morgan fingerprint density at radius 3 is 2.50 bits per heavy atom. The van der Waals surface area contributed by atoms with Crippen LogP contribution in [0.4, 0.5) is 0 Å². The van der Waals surface area contributed by atoms with Gasteiger partial charge in [0.15, 0.2) is 5.78 Å². The van der Waals surface area contributed by atoms with Gasteiger partial charge >= 0.3 is 0 Å². The Bertz CT molecular complexity index is 1210. The number of carbonyl (C=O) groups is 1. The van der Waals surface area contributed by atoms with Crippen molar-refractivity contribution in [3.63, 3.8) is 0 Å². The zero-order chi connectivity index (χ0) is 19.7. The molecule has 140 valence electrons. The van der Waals surface area contributed by atoms with E-state index in [4.69, 9.17) is 4.74 Å². The summed E-state index contributed by atoms with van der Waals surface area (Å²) in [6, 6.07) is 14.9. The second kappa shape index (κ2) is 7.40. The van der Waals surface area contributed by atoms with E-state index in [1.54, 1.807) is 19.2 Å². The Hall–Kier alpha value is -3.25. The number of ether oxygens (including phenoxy) is 1. The van der Waals surface area contributed by atoms with Crippen molar-refractivity contribution in [1.82, 2.24) is 9.55 Å². The summed E-state index contributed by atoms with van der Waals surface area (Å²) in [6.45, 7) is 1.93. The van der Waals surface area contributed by atoms with Gasteiger partial charge in [-0.05, 0) is 24.6 Å². The fourth-order valence-electron chi connectivity index (χ4n) is 3.05. The van der Waals surface area contributed by atoms with E-state index in [1.165, 1.54) is 22.2 Å². The maximum absolute atomic E-state index is 13.1. The molecule has 2 aromatic heterocycles. The first-order valence-electron chi connectivity index (χ1n) is 8.78. The number of fused-ring (bicyclic) bond motifs is 1. The fourth-order valence-corrected chi connectivity index (χ4v) is 3.96. The summed E-state index contributed by atoms with van der Waals surface area (Å²) in [7, 11) is 1.61. The maximum Gasteiger partial charge on any atom is 0.263 e. The van der Waals surface area contributed by atoms with Gasteiger partial charge in [0.25, 0.3) is 5.56 Å². The van der Waals surface area contributed by atoms with Crippen LogP contribution in [0.3, 0.4) is 0 Å². The lowest BCUT2D eigenvalue weighted by Gasteiger charge is -2.07. The van der Waals surface area contributed by atoms with E-state index >= 15 is 0 Å². The first-order chi connectivity index (χ1) is 13.6. The molecule has 6 heteroatoms. The molecule has 0 amide bonds. The predicted molar refractivity (Wildman–Crippen MR) is 111 cm³/mol. The van der Waals surface area contributed by atoms with Gasteiger partial charge in [-0.15, -0.1) is 11.3 Å². The zero-order valence-corrected chi connectivity index (χ0v) is 16.3. The molecule has 2 aromatic carbocycles. The quantitative estimate of drug-likeness (QED) is 0.476. The van der Waals surface area contributed by atoms with E-state index in [0.717, 1.165) is 22.4 Å². The number of aromatic nitrogens is 2. The highest BCUT2D eigenvalue weighted by Gasteiger charge is 2.15. The summed E-state index contributed by atoms with van der Waals surface area (Å²) >= 11 is 1.42. The highest BCUT2D eigenvalue weighted by atomic mass is 32.1. The van der Waals surface area contributed by atoms with E-state index in [1.807, 2.05) is 48.7 Å². The molecule has 0 radical (unpaired) electrons. The van der Waals surface area contributed by atoms with Crippen LogP contribution in [-0.4, -0.2) is 22.4 Å². The lowest BCUT2D eigenvalue weighted by atomic mass is 10.1. The molecular weight excluding hydrogens is 372 g/mol. The van der Waals surface area contributed by atoms with Crippen LogP contribution in [0.2, 0.25) is 0 Å². The van der Waals surface area contributed by atoms with Gasteiger partial charge in [0, 0.05) is 16.5 Å². The molecule has 0 unspecified atom stereocenters. The molecule has 0 aliphatic heterocycles. The second-order valence-electron chi connectivity index (χ2n) is 6.52. The third kappa shape index (κ3) is 3.34. The lowest BCUT2D eigenvalue weighted by molar-refractivity contribution is 0.0970. The van der Waals surface area contributed by atoms with Gasteiger partial charge < -0.3 is 4.74 Å². The third-order valence-electron chi connectivity index (χ3n) is 4.65. The SMILES string of the molecule is COc1ccc(-c2csc3ncn(CC(=O)c4ccc(C)cc4)c(=O)c23)cc1. The maximum atomic E-state index is 13.1. The first kappa shape index (κ1) is 18.1. The third-order valence-corrected chi connectivity index (χ3v) is 5.54. The van der Waals surface area contributed by atoms with Crippen LogP contribution in [0.15, 0.2) is 65.0 Å². The smallest absolute Gasteiger partial charge is 0.263 e. The minimum Gasteiger partial charge on any atom is -0.497 e. The largest absolute Gasteiger partial charge is 0.497 e. The molecule has 0 N–H and O–H groups in total. The van der Waals surface area contributed by atoms with Crippen molar-refractivity contribution in [3.05, 3.63) is 81.7 Å². The van der Waals surface area contributed by atoms with Crippen LogP contribution in [-0.2, 0) is 6.54 Å². The number of hydrogen-bond acceptors (Lipinski definition) is 5. The summed E-state index contributed by atoms with van der Waals surface area (Å²) in [5, 5.41) is 2.46. The first-order valence-corrected chi connectivity index (χ1v) is 9.65. The van der Waals surface area contributed by atoms with Crippen LogP contribution >= 0.6 is 11.3 Å². The van der Waals surface area contributed by atoms with Crippen molar-refractivity contribution >= 4 is 27.3 Å². The van der Waals surface area contributed by atoms with Crippen LogP contribution in [0.1, 0.15) is 15.9 Å². The van der Waals surface area contributed by atoms with Gasteiger partial charge in [-0.3, -0.25) is 14.2 Å². The monoisotopic (exact) mass is 390 g/mol. The van der Waals surface area contributed by atoms with Crippen molar-refractivity contribution in [2.24, 2.45) is 0 Å². The van der Waals surface area contributed by atoms with E-state index in [9.17, 15) is 9.59 Å². The van der Waals surface area contributed by atoms with Gasteiger partial charge in [-0.25, -0.2) is 4.98 Å². The molecule has 2 heterocycles. The van der Waals surface area contributed by atoms with Crippen molar-refractivity contribution in [3.8, 4) is 16.9 Å². The highest BCUT2D eigenvalue weighted by Crippen LogP contribution is 2.31. The molecule has 0 saturated carbocycles. The summed E-state index contributed by atoms with van der Waals surface area (Å²) < 4.78 is 6.58. The molecule has 0 atom stereocenters. The number of thiophene rings is 1. The number of methoxy groups -OCH3 is 1. The number of aryl methyl sites for hydroxylation is 1. The molecule has 0 aliphatic rings. The molecular formula is C22H18N2O3S. The van der Waals surface area contributed by atoms with Crippen LogP contribution in [0.25, 0.3) is 21.3 Å². The summed E-state index contributed by atoms with van der Waals surface area (Å²) in [4.78, 5) is 30.7. The second-order valence-corrected chi connectivity index (χ2v) is 7.38. The summed E-state index contributed by atoms with van der Waals surface area (Å²) in [5.41, 5.74) is 3.18. The Morgan fingerprint density at radius 1 is 1.11 bits per heavy atom. The van der Waals surface area contributed by atoms with Crippen LogP contribution in [0.5, 0.6) is 5.75 Å². The Kier molecular flexibility index (Phi) is 4.79. The number of ketones is 1. The van der Waals surface area contributed by atoms with Gasteiger partial charge in [0.2, 0.25) is 0 Å². The van der Waals surface area contributed by atoms with Crippen molar-refractivity contribution < 1.29 is 9.53 Å². The minimum atomic E-state index is -0.211. The summed E-state index contributed by atoms with van der Waals surface area (Å²) in [6.07, 6.45) is 1.45. The molecule has 0 spiro atoms. The lowest BCUT2D eigenvalue weighted by Crippen LogP contribution is -2.24. The molecule has 4 rings (SSSR count). The topological polar surface area (TPSA) is 61.2 Å². The molecule has 0 fully saturated rings. The van der Waals surface area contributed by atoms with E-state index < -0.39 is 0 Å². The van der Waals surface area contributed by atoms with E-state index in [-0.39, 0.29) is 17.9 Å². The molecule has 0 aliphatic carbocycles. The molecule has 4 aromatic rings. The Balaban J connectivity index is 1.72. The number of nitrogens with zero attached hydrogens (tertiary/aromatic N) is 2. The minimum absolute atomic E-state index is 0.0390. The van der Waals surface area contributed by atoms with Crippen molar-refractivity contribution in [1.29, 1.82) is 0 Å². The van der Waals surface area contributed by atoms with E-state index in [0.29, 0.717) is 15.8 Å². The standard InChI is InChI=1S/C22H18N2O3S/c1-14-3-5-16(6-4-14)19(25)11-24-13-23-21-20(22(24)26)18(12-28-21)15-7-9-17(27-2)10-8-15/h3-10,12-13H,11H2,1-2H3. The Labute approximate surface area is 165 Å². The summed E-state index contributed by atoms with van der Waals surface area (Å²) in [5.74, 6) is 0.631. The fraction of sp³-hybridized carbons (Fsp3) is 0.136. The van der Waals surface area contributed by atoms with E-state index in [2.05, 4.69) is 4.98 Å². The average Bonchev–Trinajstić information content (AvgIpc) is 3.15. The molecule has 28 heavy (non-hydrogen) atoms. The number of Topliss-reactive ketones (excluding diaryl/α,β-unsaturated/α-hetero) is 1. The number of carbonyl (C=O) groups excluding carboxylic acids is 1. The normalized spacial score (nSPS) is 10.9. The van der Waals surface area contributed by atoms with Crippen LogP contribution < -0.4 is 10.3 Å². The van der Waals surface area contributed by atoms with Crippen molar-refractivity contribution in [2.75, 3.05) is 7.11 Å². The predicted octanol–water partition coefficient (Wildman–Crippen LogP) is 4.32.